The molecule has 6 nitrogen and oxygen atoms in total. The number of benzene rings is 2. The number of aryl methyl sites for hydroxylation is 1. The number of carbonyl (C=O) groups is 1. The lowest BCUT2D eigenvalue weighted by Gasteiger charge is -2.10. The number of sulfonamides is 1. The lowest BCUT2D eigenvalue weighted by molar-refractivity contribution is 0.0993. The van der Waals surface area contributed by atoms with Crippen LogP contribution in [0.25, 0.3) is 11.1 Å². The number of hydrogen-bond donors (Lipinski definition) is 2. The number of H-pyrrole nitrogens is 1. The molecule has 0 aliphatic heterocycles. The minimum absolute atomic E-state index is 0.192. The minimum Gasteiger partial charge on any atom is -0.328 e. The van der Waals surface area contributed by atoms with Gasteiger partial charge >= 0.3 is 0 Å². The van der Waals surface area contributed by atoms with Crippen molar-refractivity contribution in [1.29, 1.82) is 0 Å². The van der Waals surface area contributed by atoms with E-state index in [2.05, 4.69) is 9.71 Å². The summed E-state index contributed by atoms with van der Waals surface area (Å²) >= 11 is 0. The van der Waals surface area contributed by atoms with Crippen LogP contribution in [-0.2, 0) is 10.0 Å². The van der Waals surface area contributed by atoms with Crippen LogP contribution in [-0.4, -0.2) is 25.7 Å². The van der Waals surface area contributed by atoms with Gasteiger partial charge in [0.1, 0.15) is 5.82 Å². The summed E-state index contributed by atoms with van der Waals surface area (Å²) in [6.45, 7) is 0.930. The molecule has 8 heteroatoms. The summed E-state index contributed by atoms with van der Waals surface area (Å²) in [5.41, 5.74) is 1.11. The highest BCUT2D eigenvalue weighted by molar-refractivity contribution is 7.89. The molecule has 0 amide bonds. The smallest absolute Gasteiger partial charge is 0.247 e. The van der Waals surface area contributed by atoms with Crippen molar-refractivity contribution in [3.05, 3.63) is 88.1 Å². The van der Waals surface area contributed by atoms with Gasteiger partial charge in [0.15, 0.2) is 5.78 Å². The summed E-state index contributed by atoms with van der Waals surface area (Å²) in [5.74, 6) is -1.39. The van der Waals surface area contributed by atoms with Gasteiger partial charge in [-0.3, -0.25) is 9.59 Å². The summed E-state index contributed by atoms with van der Waals surface area (Å²) in [7, 11) is -4.03. The Bertz CT molecular complexity index is 1170. The molecule has 0 spiro atoms. The first-order valence-electron chi connectivity index (χ1n) is 8.35. The monoisotopic (exact) mass is 400 g/mol. The predicted octanol–water partition coefficient (Wildman–Crippen LogP) is 2.65. The van der Waals surface area contributed by atoms with Crippen LogP contribution < -0.4 is 10.3 Å². The molecule has 1 heterocycles. The van der Waals surface area contributed by atoms with Crippen molar-refractivity contribution in [3.63, 3.8) is 0 Å². The number of hydrogen-bond acceptors (Lipinski definition) is 4. The number of halogens is 1. The van der Waals surface area contributed by atoms with Crippen molar-refractivity contribution < 1.29 is 17.6 Å². The first-order valence-corrected chi connectivity index (χ1v) is 9.83. The summed E-state index contributed by atoms with van der Waals surface area (Å²) in [5, 5.41) is 0. The molecule has 2 aromatic carbocycles. The number of Topliss-reactive ketones (excluding diaryl/α,β-unsaturated/α-hetero) is 1. The molecule has 28 heavy (non-hydrogen) atoms. The topological polar surface area (TPSA) is 96.1 Å². The molecular formula is C20H17FN2O4S. The highest BCUT2D eigenvalue weighted by Gasteiger charge is 2.20. The second-order valence-electron chi connectivity index (χ2n) is 6.16. The molecule has 0 fully saturated rings. The van der Waals surface area contributed by atoms with E-state index in [-0.39, 0.29) is 16.0 Å². The van der Waals surface area contributed by atoms with Gasteiger partial charge in [-0.2, -0.15) is 0 Å². The van der Waals surface area contributed by atoms with Crippen LogP contribution in [0.5, 0.6) is 0 Å². The maximum Gasteiger partial charge on any atom is 0.247 e. The van der Waals surface area contributed by atoms with Crippen LogP contribution in [0.1, 0.15) is 15.9 Å². The first-order chi connectivity index (χ1) is 13.3. The van der Waals surface area contributed by atoms with Crippen molar-refractivity contribution in [1.82, 2.24) is 9.71 Å². The lowest BCUT2D eigenvalue weighted by Crippen LogP contribution is -2.30. The van der Waals surface area contributed by atoms with Crippen LogP contribution in [0.3, 0.4) is 0 Å². The van der Waals surface area contributed by atoms with Crippen molar-refractivity contribution in [3.8, 4) is 11.1 Å². The maximum absolute atomic E-state index is 14.5. The average molecular weight is 400 g/mol. The van der Waals surface area contributed by atoms with Gasteiger partial charge < -0.3 is 4.98 Å². The molecule has 0 aliphatic rings. The zero-order chi connectivity index (χ0) is 20.3. The van der Waals surface area contributed by atoms with E-state index in [1.807, 2.05) is 30.3 Å². The number of nitrogens with one attached hydrogen (secondary N) is 2. The molecule has 3 rings (SSSR count). The van der Waals surface area contributed by atoms with Gasteiger partial charge in [0.25, 0.3) is 0 Å². The number of ketones is 1. The van der Waals surface area contributed by atoms with E-state index in [9.17, 15) is 22.4 Å². The maximum atomic E-state index is 14.5. The Balaban J connectivity index is 1.85. The normalized spacial score (nSPS) is 11.4. The third-order valence-corrected chi connectivity index (χ3v) is 5.55. The van der Waals surface area contributed by atoms with Gasteiger partial charge in [0.2, 0.25) is 15.6 Å². The van der Waals surface area contributed by atoms with E-state index in [0.29, 0.717) is 5.56 Å². The molecule has 0 bridgehead atoms. The number of aromatic nitrogens is 1. The summed E-state index contributed by atoms with van der Waals surface area (Å²) in [4.78, 5) is 25.6. The average Bonchev–Trinajstić information content (AvgIpc) is 2.69. The molecule has 0 unspecified atom stereocenters. The quantitative estimate of drug-likeness (QED) is 0.622. The Morgan fingerprint density at radius 1 is 1.07 bits per heavy atom. The van der Waals surface area contributed by atoms with Crippen molar-refractivity contribution >= 4 is 15.8 Å². The lowest BCUT2D eigenvalue weighted by atomic mass is 9.98. The zero-order valence-electron chi connectivity index (χ0n) is 14.9. The Kier molecular flexibility index (Phi) is 5.53. The second-order valence-corrected chi connectivity index (χ2v) is 7.92. The van der Waals surface area contributed by atoms with E-state index in [1.54, 1.807) is 13.0 Å². The van der Waals surface area contributed by atoms with Gasteiger partial charge in [0.05, 0.1) is 17.0 Å². The van der Waals surface area contributed by atoms with Gasteiger partial charge in [-0.05, 0) is 41.8 Å². The SMILES string of the molecule is Cc1cc(-c2ccccc2)cc(C(=O)CNS(=O)(=O)c2ccc(=O)[nH]c2)c1F. The molecule has 0 saturated heterocycles. The predicted molar refractivity (Wildman–Crippen MR) is 103 cm³/mol. The van der Waals surface area contributed by atoms with E-state index in [0.717, 1.165) is 23.9 Å². The Hall–Kier alpha value is -3.10. The fourth-order valence-corrected chi connectivity index (χ4v) is 3.62. The third kappa shape index (κ3) is 4.24. The van der Waals surface area contributed by atoms with Gasteiger partial charge in [-0.15, -0.1) is 0 Å². The minimum atomic E-state index is -4.03. The highest BCUT2D eigenvalue weighted by atomic mass is 32.2. The molecule has 0 atom stereocenters. The Morgan fingerprint density at radius 2 is 1.79 bits per heavy atom. The van der Waals surface area contributed by atoms with E-state index in [1.165, 1.54) is 6.07 Å². The van der Waals surface area contributed by atoms with E-state index >= 15 is 0 Å². The molecular weight excluding hydrogens is 383 g/mol. The summed E-state index contributed by atoms with van der Waals surface area (Å²) in [6.07, 6.45) is 1.02. The standard InChI is InChI=1S/C20H17FN2O4S/c1-13-9-15(14-5-3-2-4-6-14)10-17(20(13)21)18(24)12-23-28(26,27)16-7-8-19(25)22-11-16/h2-11,23H,12H2,1H3,(H,22,25). The number of aromatic amines is 1. The van der Waals surface area contributed by atoms with Gasteiger partial charge in [0, 0.05) is 12.3 Å². The molecule has 2 N–H and O–H groups in total. The number of pyridine rings is 1. The van der Waals surface area contributed by atoms with Crippen LogP contribution >= 0.6 is 0 Å². The Morgan fingerprint density at radius 3 is 2.43 bits per heavy atom. The van der Waals surface area contributed by atoms with Gasteiger partial charge in [-0.1, -0.05) is 30.3 Å². The fourth-order valence-electron chi connectivity index (χ4n) is 2.67. The number of carbonyl (C=O) groups excluding carboxylic acids is 1. The highest BCUT2D eigenvalue weighted by Crippen LogP contribution is 2.25. The zero-order valence-corrected chi connectivity index (χ0v) is 15.7. The molecule has 144 valence electrons. The largest absolute Gasteiger partial charge is 0.328 e. The van der Waals surface area contributed by atoms with Crippen LogP contribution in [0.15, 0.2) is 70.5 Å². The summed E-state index contributed by atoms with van der Waals surface area (Å²) < 4.78 is 41.1. The van der Waals surface area contributed by atoms with Crippen molar-refractivity contribution in [2.75, 3.05) is 6.54 Å². The van der Waals surface area contributed by atoms with Gasteiger partial charge in [-0.25, -0.2) is 17.5 Å². The Labute approximate surface area is 161 Å². The molecule has 3 aromatic rings. The molecule has 1 aromatic heterocycles. The van der Waals surface area contributed by atoms with E-state index < -0.39 is 33.7 Å². The third-order valence-electron chi connectivity index (χ3n) is 4.15. The van der Waals surface area contributed by atoms with Crippen molar-refractivity contribution in [2.24, 2.45) is 0 Å². The van der Waals surface area contributed by atoms with Crippen molar-refractivity contribution in [2.45, 2.75) is 11.8 Å². The van der Waals surface area contributed by atoms with Crippen LogP contribution in [0.4, 0.5) is 4.39 Å². The summed E-state index contributed by atoms with van der Waals surface area (Å²) in [6, 6.07) is 14.4. The van der Waals surface area contributed by atoms with Crippen LogP contribution in [0.2, 0.25) is 0 Å². The molecule has 0 aliphatic carbocycles. The molecule has 0 radical (unpaired) electrons. The first kappa shape index (κ1) is 19.7. The molecule has 0 saturated carbocycles. The second kappa shape index (κ2) is 7.87. The number of rotatable bonds is 6. The fraction of sp³-hybridized carbons (Fsp3) is 0.100. The van der Waals surface area contributed by atoms with E-state index in [4.69, 9.17) is 0 Å². The van der Waals surface area contributed by atoms with Crippen LogP contribution in [0, 0.1) is 12.7 Å².